The number of nitrogens with one attached hydrogen (secondary N) is 2. The molecule has 0 aliphatic rings. The molecule has 1 heterocycles. The van der Waals surface area contributed by atoms with Crippen molar-refractivity contribution >= 4 is 33.1 Å². The van der Waals surface area contributed by atoms with Crippen LogP contribution in [-0.2, 0) is 10.0 Å². The summed E-state index contributed by atoms with van der Waals surface area (Å²) >= 11 is 5.84. The molecule has 0 atom stereocenters. The number of hydrogen-bond acceptors (Lipinski definition) is 4. The van der Waals surface area contributed by atoms with Crippen LogP contribution in [0.2, 0.25) is 5.02 Å². The van der Waals surface area contributed by atoms with Gasteiger partial charge in [-0.15, -0.1) is 0 Å². The molecule has 2 N–H and O–H groups in total. The van der Waals surface area contributed by atoms with Crippen molar-refractivity contribution in [3.05, 3.63) is 47.1 Å². The van der Waals surface area contributed by atoms with E-state index < -0.39 is 27.3 Å². The number of halogens is 3. The molecule has 0 aliphatic heterocycles. The van der Waals surface area contributed by atoms with Crippen molar-refractivity contribution in [2.24, 2.45) is 0 Å². The van der Waals surface area contributed by atoms with Crippen molar-refractivity contribution in [3.63, 3.8) is 0 Å². The molecular weight excluding hydrogens is 324 g/mol. The minimum absolute atomic E-state index is 0.0834. The fourth-order valence-corrected chi connectivity index (χ4v) is 2.89. The van der Waals surface area contributed by atoms with Gasteiger partial charge in [0.2, 0.25) is 0 Å². The van der Waals surface area contributed by atoms with E-state index in [0.717, 1.165) is 24.4 Å². The van der Waals surface area contributed by atoms with E-state index in [4.69, 9.17) is 11.6 Å². The molecule has 21 heavy (non-hydrogen) atoms. The molecular formula is C12H10ClF2N3O2S. The van der Waals surface area contributed by atoms with Gasteiger partial charge in [0.25, 0.3) is 10.0 Å². The molecule has 1 aromatic heterocycles. The van der Waals surface area contributed by atoms with Crippen LogP contribution in [0.3, 0.4) is 0 Å². The minimum Gasteiger partial charge on any atom is -0.372 e. The minimum atomic E-state index is -4.13. The van der Waals surface area contributed by atoms with Crippen molar-refractivity contribution in [2.45, 2.75) is 4.90 Å². The van der Waals surface area contributed by atoms with Crippen molar-refractivity contribution in [3.8, 4) is 0 Å². The van der Waals surface area contributed by atoms with E-state index in [1.807, 2.05) is 4.72 Å². The Labute approximate surface area is 125 Å². The lowest BCUT2D eigenvalue weighted by Gasteiger charge is -2.10. The number of sulfonamides is 1. The number of benzene rings is 1. The Bertz CT molecular complexity index is 784. The fourth-order valence-electron chi connectivity index (χ4n) is 1.54. The van der Waals surface area contributed by atoms with Crippen LogP contribution in [0.4, 0.5) is 20.3 Å². The van der Waals surface area contributed by atoms with Crippen LogP contribution in [0, 0.1) is 11.6 Å². The summed E-state index contributed by atoms with van der Waals surface area (Å²) in [5.41, 5.74) is -0.496. The summed E-state index contributed by atoms with van der Waals surface area (Å²) in [6.45, 7) is 0. The van der Waals surface area contributed by atoms with E-state index >= 15 is 0 Å². The van der Waals surface area contributed by atoms with E-state index in [9.17, 15) is 17.2 Å². The average molecular weight is 334 g/mol. The highest BCUT2D eigenvalue weighted by Crippen LogP contribution is 2.25. The summed E-state index contributed by atoms with van der Waals surface area (Å²) in [5.74, 6) is -2.14. The van der Waals surface area contributed by atoms with Crippen LogP contribution in [0.15, 0.2) is 35.4 Å². The summed E-state index contributed by atoms with van der Waals surface area (Å²) < 4.78 is 52.7. The normalized spacial score (nSPS) is 11.2. The van der Waals surface area contributed by atoms with Gasteiger partial charge in [0.05, 0.1) is 10.7 Å². The molecule has 112 valence electrons. The molecule has 2 aromatic rings. The first-order valence-electron chi connectivity index (χ1n) is 5.65. The average Bonchev–Trinajstić information content (AvgIpc) is 2.43. The summed E-state index contributed by atoms with van der Waals surface area (Å²) in [6, 6.07) is 4.33. The lowest BCUT2D eigenvalue weighted by molar-refractivity contribution is 0.511. The SMILES string of the molecule is CNc1ncc(S(=O)(=O)Nc2cccc(F)c2F)cc1Cl. The van der Waals surface area contributed by atoms with Gasteiger partial charge in [-0.2, -0.15) is 0 Å². The zero-order chi connectivity index (χ0) is 15.6. The molecule has 0 aliphatic carbocycles. The van der Waals surface area contributed by atoms with Crippen LogP contribution in [-0.4, -0.2) is 20.4 Å². The molecule has 5 nitrogen and oxygen atoms in total. The monoisotopic (exact) mass is 333 g/mol. The number of anilines is 2. The van der Waals surface area contributed by atoms with Gasteiger partial charge in [-0.25, -0.2) is 22.2 Å². The van der Waals surface area contributed by atoms with E-state index in [1.165, 1.54) is 6.07 Å². The third kappa shape index (κ3) is 3.22. The first-order valence-corrected chi connectivity index (χ1v) is 7.51. The van der Waals surface area contributed by atoms with Gasteiger partial charge in [0, 0.05) is 13.2 Å². The summed E-state index contributed by atoms with van der Waals surface area (Å²) in [5, 5.41) is 2.76. The quantitative estimate of drug-likeness (QED) is 0.902. The molecule has 0 bridgehead atoms. The predicted octanol–water partition coefficient (Wildman–Crippen LogP) is 2.86. The third-order valence-electron chi connectivity index (χ3n) is 2.56. The molecule has 0 unspecified atom stereocenters. The zero-order valence-corrected chi connectivity index (χ0v) is 12.3. The second-order valence-electron chi connectivity index (χ2n) is 3.96. The van der Waals surface area contributed by atoms with E-state index in [1.54, 1.807) is 7.05 Å². The topological polar surface area (TPSA) is 71.1 Å². The largest absolute Gasteiger partial charge is 0.372 e. The molecule has 0 saturated carbocycles. The van der Waals surface area contributed by atoms with Crippen molar-refractivity contribution in [1.29, 1.82) is 0 Å². The lowest BCUT2D eigenvalue weighted by atomic mass is 10.3. The van der Waals surface area contributed by atoms with E-state index in [-0.39, 0.29) is 9.92 Å². The highest BCUT2D eigenvalue weighted by molar-refractivity contribution is 7.92. The molecule has 2 rings (SSSR count). The summed E-state index contributed by atoms with van der Waals surface area (Å²) in [7, 11) is -2.56. The number of rotatable bonds is 4. The Morgan fingerprint density at radius 3 is 2.62 bits per heavy atom. The lowest BCUT2D eigenvalue weighted by Crippen LogP contribution is -2.15. The first kappa shape index (κ1) is 15.5. The highest BCUT2D eigenvalue weighted by atomic mass is 35.5. The molecule has 9 heteroatoms. The number of pyridine rings is 1. The third-order valence-corrected chi connectivity index (χ3v) is 4.18. The Balaban J connectivity index is 2.39. The Morgan fingerprint density at radius 1 is 1.29 bits per heavy atom. The van der Waals surface area contributed by atoms with Gasteiger partial charge in [0.15, 0.2) is 11.6 Å². The van der Waals surface area contributed by atoms with Crippen molar-refractivity contribution in [2.75, 3.05) is 17.1 Å². The number of aromatic nitrogens is 1. The number of hydrogen-bond donors (Lipinski definition) is 2. The predicted molar refractivity (Wildman–Crippen MR) is 76.0 cm³/mol. The van der Waals surface area contributed by atoms with E-state index in [0.29, 0.717) is 5.82 Å². The van der Waals surface area contributed by atoms with Crippen LogP contribution < -0.4 is 10.0 Å². The standard InChI is InChI=1S/C12H10ClF2N3O2S/c1-16-12-8(13)5-7(6-17-12)21(19,20)18-10-4-2-3-9(14)11(10)15/h2-6,18H,1H3,(H,16,17). The van der Waals surface area contributed by atoms with Gasteiger partial charge in [-0.1, -0.05) is 17.7 Å². The maximum atomic E-state index is 13.5. The van der Waals surface area contributed by atoms with Crippen molar-refractivity contribution in [1.82, 2.24) is 4.98 Å². The Hall–Kier alpha value is -1.93. The van der Waals surface area contributed by atoms with Gasteiger partial charge >= 0.3 is 0 Å². The van der Waals surface area contributed by atoms with Crippen molar-refractivity contribution < 1.29 is 17.2 Å². The zero-order valence-electron chi connectivity index (χ0n) is 10.7. The van der Waals surface area contributed by atoms with Crippen LogP contribution in [0.5, 0.6) is 0 Å². The molecule has 0 spiro atoms. The molecule has 0 fully saturated rings. The van der Waals surface area contributed by atoms with Gasteiger partial charge < -0.3 is 5.32 Å². The second kappa shape index (κ2) is 5.82. The van der Waals surface area contributed by atoms with Crippen LogP contribution in [0.1, 0.15) is 0 Å². The molecule has 0 amide bonds. The molecule has 1 aromatic carbocycles. The van der Waals surface area contributed by atoms with Gasteiger partial charge in [-0.05, 0) is 18.2 Å². The summed E-state index contributed by atoms with van der Waals surface area (Å²) in [4.78, 5) is 3.55. The van der Waals surface area contributed by atoms with Gasteiger partial charge in [-0.3, -0.25) is 4.72 Å². The van der Waals surface area contributed by atoms with Gasteiger partial charge in [0.1, 0.15) is 10.7 Å². The Morgan fingerprint density at radius 2 is 2.00 bits per heavy atom. The molecule has 0 radical (unpaired) electrons. The Kier molecular flexibility index (Phi) is 4.29. The van der Waals surface area contributed by atoms with E-state index in [2.05, 4.69) is 10.3 Å². The fraction of sp³-hybridized carbons (Fsp3) is 0.0833. The first-order chi connectivity index (χ1) is 9.85. The maximum absolute atomic E-state index is 13.5. The number of nitrogens with zero attached hydrogens (tertiary/aromatic N) is 1. The highest BCUT2D eigenvalue weighted by Gasteiger charge is 2.19. The summed E-state index contributed by atoms with van der Waals surface area (Å²) in [6.07, 6.45) is 1.05. The van der Waals surface area contributed by atoms with Crippen LogP contribution in [0.25, 0.3) is 0 Å². The molecule has 0 saturated heterocycles. The second-order valence-corrected chi connectivity index (χ2v) is 6.05. The maximum Gasteiger partial charge on any atom is 0.263 e. The smallest absolute Gasteiger partial charge is 0.263 e. The van der Waals surface area contributed by atoms with Crippen LogP contribution >= 0.6 is 11.6 Å².